The Labute approximate surface area is 202 Å². The molecule has 0 unspecified atom stereocenters. The van der Waals surface area contributed by atoms with E-state index in [1.54, 1.807) is 6.07 Å². The molecule has 196 valence electrons. The van der Waals surface area contributed by atoms with E-state index in [1.807, 2.05) is 0 Å². The standard InChI is InChI=1S/C8H6N2O4S.C8H7NO6S.H2O4S/c1-15(13,14)7-3-2-6(5-9)8(4-7)10(11)12;1-16(14,15)5-2-3-6(8(10)11)7(4-5)9(12)13;1-5(2,3)4/h2-4H,1H3;2-4H,1H3,(H,10,11);(H2,1,2,3,4). The summed E-state index contributed by atoms with van der Waals surface area (Å²) in [6, 6.07) is 7.44. The summed E-state index contributed by atoms with van der Waals surface area (Å²) in [6.45, 7) is 0. The van der Waals surface area contributed by atoms with Crippen molar-refractivity contribution in [2.24, 2.45) is 0 Å². The first-order valence-electron chi connectivity index (χ1n) is 8.39. The van der Waals surface area contributed by atoms with E-state index in [2.05, 4.69) is 0 Å². The van der Waals surface area contributed by atoms with Gasteiger partial charge in [-0.3, -0.25) is 29.3 Å². The summed E-state index contributed by atoms with van der Waals surface area (Å²) in [5, 5.41) is 38.3. The molecule has 0 fully saturated rings. The van der Waals surface area contributed by atoms with Crippen LogP contribution in [-0.2, 0) is 30.1 Å². The van der Waals surface area contributed by atoms with Crippen LogP contribution in [0, 0.1) is 31.6 Å². The number of hydrogen-bond acceptors (Lipinski definition) is 12. The van der Waals surface area contributed by atoms with Crippen LogP contribution in [0.15, 0.2) is 46.2 Å². The van der Waals surface area contributed by atoms with E-state index < -0.39 is 62.8 Å². The molecule has 0 saturated carbocycles. The van der Waals surface area contributed by atoms with E-state index in [9.17, 15) is 41.9 Å². The van der Waals surface area contributed by atoms with Gasteiger partial charge in [0.05, 0.1) is 19.6 Å². The average Bonchev–Trinajstić information content (AvgIpc) is 2.70. The third-order valence-electron chi connectivity index (χ3n) is 3.54. The fourth-order valence-corrected chi connectivity index (χ4v) is 3.34. The number of sulfone groups is 2. The third-order valence-corrected chi connectivity index (χ3v) is 5.76. The number of nitro groups is 2. The number of nitrogens with zero attached hydrogens (tertiary/aromatic N) is 3. The number of carboxylic acid groups (broad SMARTS) is 1. The van der Waals surface area contributed by atoms with E-state index in [0.717, 1.165) is 42.8 Å². The molecule has 0 aliphatic rings. The van der Waals surface area contributed by atoms with Crippen LogP contribution in [0.1, 0.15) is 15.9 Å². The largest absolute Gasteiger partial charge is 0.477 e. The predicted molar refractivity (Wildman–Crippen MR) is 118 cm³/mol. The first-order valence-corrected chi connectivity index (χ1v) is 13.6. The molecule has 0 radical (unpaired) electrons. The maximum absolute atomic E-state index is 11.1. The van der Waals surface area contributed by atoms with Gasteiger partial charge < -0.3 is 5.11 Å². The molecule has 0 spiro atoms. The number of benzene rings is 2. The lowest BCUT2D eigenvalue weighted by Gasteiger charge is -2.01. The number of nitro benzene ring substituents is 2. The molecule has 0 aromatic heterocycles. The summed E-state index contributed by atoms with van der Waals surface area (Å²) in [6.07, 6.45) is 1.82. The van der Waals surface area contributed by atoms with Gasteiger partial charge in [-0.1, -0.05) is 0 Å². The third kappa shape index (κ3) is 10.9. The molecule has 0 amide bonds. The number of aromatic carboxylic acids is 1. The van der Waals surface area contributed by atoms with Crippen LogP contribution in [0.5, 0.6) is 0 Å². The van der Waals surface area contributed by atoms with Crippen LogP contribution < -0.4 is 0 Å². The molecular formula is C16H15N3O14S3. The van der Waals surface area contributed by atoms with Crippen molar-refractivity contribution in [2.45, 2.75) is 9.79 Å². The van der Waals surface area contributed by atoms with Crippen molar-refractivity contribution in [3.8, 4) is 6.07 Å². The molecular weight excluding hydrogens is 554 g/mol. The summed E-state index contributed by atoms with van der Waals surface area (Å²) < 4.78 is 76.0. The molecule has 36 heavy (non-hydrogen) atoms. The van der Waals surface area contributed by atoms with Crippen molar-refractivity contribution >= 4 is 47.4 Å². The number of carbonyl (C=O) groups is 1. The summed E-state index contributed by atoms with van der Waals surface area (Å²) in [7, 11) is -11.8. The Morgan fingerprint density at radius 1 is 0.833 bits per heavy atom. The molecule has 2 aromatic rings. The minimum Gasteiger partial charge on any atom is -0.477 e. The fourth-order valence-electron chi connectivity index (χ4n) is 2.06. The van der Waals surface area contributed by atoms with Crippen molar-refractivity contribution in [1.29, 1.82) is 5.26 Å². The quantitative estimate of drug-likeness (QED) is 0.256. The second-order valence-electron chi connectivity index (χ2n) is 6.28. The molecule has 2 aromatic carbocycles. The van der Waals surface area contributed by atoms with Crippen LogP contribution in [0.3, 0.4) is 0 Å². The van der Waals surface area contributed by atoms with Crippen LogP contribution in [0.2, 0.25) is 0 Å². The van der Waals surface area contributed by atoms with Crippen LogP contribution in [0.25, 0.3) is 0 Å². The van der Waals surface area contributed by atoms with Crippen molar-refractivity contribution in [3.63, 3.8) is 0 Å². The maximum Gasteiger partial charge on any atom is 0.394 e. The smallest absolute Gasteiger partial charge is 0.394 e. The number of nitriles is 1. The van der Waals surface area contributed by atoms with E-state index in [-0.39, 0.29) is 15.4 Å². The molecule has 0 aliphatic carbocycles. The van der Waals surface area contributed by atoms with Crippen molar-refractivity contribution in [1.82, 2.24) is 0 Å². The Balaban J connectivity index is 0.000000575. The van der Waals surface area contributed by atoms with Crippen LogP contribution in [0.4, 0.5) is 11.4 Å². The zero-order valence-corrected chi connectivity index (χ0v) is 20.3. The minimum absolute atomic E-state index is 0.160. The molecule has 3 N–H and O–H groups in total. The van der Waals surface area contributed by atoms with Crippen molar-refractivity contribution in [3.05, 3.63) is 67.8 Å². The molecule has 0 saturated heterocycles. The normalized spacial score (nSPS) is 11.0. The van der Waals surface area contributed by atoms with Crippen LogP contribution >= 0.6 is 0 Å². The van der Waals surface area contributed by atoms with E-state index >= 15 is 0 Å². The van der Waals surface area contributed by atoms with Gasteiger partial charge in [-0.05, 0) is 24.3 Å². The average molecular weight is 570 g/mol. The highest BCUT2D eigenvalue weighted by molar-refractivity contribution is 7.91. The van der Waals surface area contributed by atoms with Crippen LogP contribution in [-0.4, -0.2) is 67.8 Å². The van der Waals surface area contributed by atoms with Gasteiger partial charge in [0.25, 0.3) is 11.4 Å². The fraction of sp³-hybridized carbons (Fsp3) is 0.125. The predicted octanol–water partition coefficient (Wildman–Crippen LogP) is 0.914. The van der Waals surface area contributed by atoms with Gasteiger partial charge in [0, 0.05) is 24.6 Å². The van der Waals surface area contributed by atoms with Gasteiger partial charge in [0.1, 0.15) is 17.2 Å². The second-order valence-corrected chi connectivity index (χ2v) is 11.2. The molecule has 0 aliphatic heterocycles. The van der Waals surface area contributed by atoms with Crippen molar-refractivity contribution < 1.29 is 54.1 Å². The van der Waals surface area contributed by atoms with E-state index in [1.165, 1.54) is 6.07 Å². The summed E-state index contributed by atoms with van der Waals surface area (Å²) in [5.41, 5.74) is -1.94. The van der Waals surface area contributed by atoms with Gasteiger partial charge in [-0.2, -0.15) is 13.7 Å². The first-order chi connectivity index (χ1) is 16.1. The number of rotatable bonds is 5. The lowest BCUT2D eigenvalue weighted by atomic mass is 10.2. The van der Waals surface area contributed by atoms with E-state index in [4.69, 9.17) is 27.9 Å². The van der Waals surface area contributed by atoms with Gasteiger partial charge in [0.2, 0.25) is 0 Å². The minimum atomic E-state index is -4.67. The molecule has 0 heterocycles. The Bertz CT molecular complexity index is 1550. The zero-order valence-electron chi connectivity index (χ0n) is 17.9. The Morgan fingerprint density at radius 2 is 1.19 bits per heavy atom. The lowest BCUT2D eigenvalue weighted by Crippen LogP contribution is -2.05. The SMILES string of the molecule is CS(=O)(=O)c1ccc(C#N)c([N+](=O)[O-])c1.CS(=O)(=O)c1ccc(C(=O)O)c([N+](=O)[O-])c1.O=S(=O)(O)O. The molecule has 17 nitrogen and oxygen atoms in total. The summed E-state index contributed by atoms with van der Waals surface area (Å²) in [4.78, 5) is 29.5. The topological polar surface area (TPSA) is 290 Å². The van der Waals surface area contributed by atoms with Gasteiger partial charge >= 0.3 is 16.4 Å². The highest BCUT2D eigenvalue weighted by Crippen LogP contribution is 2.23. The van der Waals surface area contributed by atoms with Gasteiger partial charge in [-0.15, -0.1) is 0 Å². The lowest BCUT2D eigenvalue weighted by molar-refractivity contribution is -0.385. The van der Waals surface area contributed by atoms with Gasteiger partial charge in [-0.25, -0.2) is 21.6 Å². The molecule has 20 heteroatoms. The Morgan fingerprint density at radius 3 is 1.50 bits per heavy atom. The first kappa shape index (κ1) is 32.0. The second kappa shape index (κ2) is 12.1. The van der Waals surface area contributed by atoms with Crippen molar-refractivity contribution in [2.75, 3.05) is 12.5 Å². The monoisotopic (exact) mass is 569 g/mol. The summed E-state index contributed by atoms with van der Waals surface area (Å²) >= 11 is 0. The molecule has 2 rings (SSSR count). The highest BCUT2D eigenvalue weighted by atomic mass is 32.3. The van der Waals surface area contributed by atoms with E-state index in [0.29, 0.717) is 0 Å². The summed E-state index contributed by atoms with van der Waals surface area (Å²) in [5.74, 6) is -1.48. The Kier molecular flexibility index (Phi) is 10.7. The number of hydrogen-bond donors (Lipinski definition) is 3. The Hall–Kier alpha value is -4.03. The zero-order chi connectivity index (χ0) is 28.6. The number of carboxylic acids is 1. The maximum atomic E-state index is 11.1. The molecule has 0 bridgehead atoms. The highest BCUT2D eigenvalue weighted by Gasteiger charge is 2.22. The molecule has 0 atom stereocenters. The van der Waals surface area contributed by atoms with Gasteiger partial charge in [0.15, 0.2) is 19.7 Å².